The molecule has 1 heterocycles. The molecule has 132 valence electrons. The molecule has 1 aliphatic heterocycles. The van der Waals surface area contributed by atoms with Crippen molar-refractivity contribution in [3.63, 3.8) is 0 Å². The molecular weight excluding hydrogens is 352 g/mol. The molecule has 0 radical (unpaired) electrons. The van der Waals surface area contributed by atoms with Gasteiger partial charge < -0.3 is 10.1 Å². The number of sulfonamides is 1. The summed E-state index contributed by atoms with van der Waals surface area (Å²) in [6.07, 6.45) is 3.39. The Kier molecular flexibility index (Phi) is 5.03. The number of rotatable bonds is 5. The monoisotopic (exact) mass is 372 g/mol. The van der Waals surface area contributed by atoms with Crippen molar-refractivity contribution in [2.45, 2.75) is 36.6 Å². The highest BCUT2D eigenvalue weighted by Gasteiger charge is 2.36. The highest BCUT2D eigenvalue weighted by atomic mass is 35.5. The third-order valence-electron chi connectivity index (χ3n) is 4.42. The molecule has 1 saturated heterocycles. The number of ether oxygens (including phenoxy) is 1. The van der Waals surface area contributed by atoms with Crippen molar-refractivity contribution in [2.24, 2.45) is 5.92 Å². The average Bonchev–Trinajstić information content (AvgIpc) is 3.39. The Bertz CT molecular complexity index is 734. The van der Waals surface area contributed by atoms with E-state index in [1.54, 1.807) is 6.07 Å². The fourth-order valence-corrected chi connectivity index (χ4v) is 4.85. The average molecular weight is 373 g/mol. The van der Waals surface area contributed by atoms with Crippen LogP contribution in [0, 0.1) is 5.92 Å². The van der Waals surface area contributed by atoms with Gasteiger partial charge >= 0.3 is 0 Å². The van der Waals surface area contributed by atoms with E-state index in [1.165, 1.54) is 23.5 Å². The Morgan fingerprint density at radius 3 is 2.75 bits per heavy atom. The lowest BCUT2D eigenvalue weighted by molar-refractivity contribution is -0.126. The van der Waals surface area contributed by atoms with Crippen molar-refractivity contribution in [1.82, 2.24) is 9.62 Å². The minimum atomic E-state index is -3.76. The second-order valence-electron chi connectivity index (χ2n) is 6.28. The predicted molar refractivity (Wildman–Crippen MR) is 90.7 cm³/mol. The fourth-order valence-electron chi connectivity index (χ4n) is 2.91. The van der Waals surface area contributed by atoms with E-state index in [-0.39, 0.29) is 35.1 Å². The number of amides is 1. The van der Waals surface area contributed by atoms with E-state index in [0.717, 1.165) is 12.8 Å². The number of carbonyl (C=O) groups excluding carboxylic acids is 1. The summed E-state index contributed by atoms with van der Waals surface area (Å²) in [5, 5.41) is 3.29. The molecule has 0 unspecified atom stereocenters. The van der Waals surface area contributed by atoms with Crippen molar-refractivity contribution in [3.8, 4) is 5.75 Å². The van der Waals surface area contributed by atoms with E-state index in [9.17, 15) is 13.2 Å². The van der Waals surface area contributed by atoms with Crippen LogP contribution in [-0.4, -0.2) is 44.9 Å². The number of halogens is 1. The lowest BCUT2D eigenvalue weighted by Crippen LogP contribution is -2.45. The lowest BCUT2D eigenvalue weighted by Gasteiger charge is -2.31. The lowest BCUT2D eigenvalue weighted by atomic mass is 9.99. The second-order valence-corrected chi connectivity index (χ2v) is 8.62. The van der Waals surface area contributed by atoms with Crippen LogP contribution in [0.15, 0.2) is 23.1 Å². The Balaban J connectivity index is 1.81. The summed E-state index contributed by atoms with van der Waals surface area (Å²) in [5.41, 5.74) is 0. The fraction of sp³-hybridized carbons (Fsp3) is 0.562. The molecule has 24 heavy (non-hydrogen) atoms. The van der Waals surface area contributed by atoms with Crippen molar-refractivity contribution in [1.29, 1.82) is 0 Å². The van der Waals surface area contributed by atoms with Crippen LogP contribution in [0.5, 0.6) is 5.75 Å². The predicted octanol–water partition coefficient (Wildman–Crippen LogP) is 2.03. The van der Waals surface area contributed by atoms with Gasteiger partial charge in [-0.2, -0.15) is 4.31 Å². The molecule has 1 aromatic carbocycles. The molecule has 1 amide bonds. The summed E-state index contributed by atoms with van der Waals surface area (Å²) in [6.45, 7) is 0.585. The number of carbonyl (C=O) groups is 1. The first kappa shape index (κ1) is 17.5. The van der Waals surface area contributed by atoms with Gasteiger partial charge in [-0.15, -0.1) is 0 Å². The van der Waals surface area contributed by atoms with Gasteiger partial charge in [0.15, 0.2) is 0 Å². The molecule has 1 aromatic rings. The quantitative estimate of drug-likeness (QED) is 0.858. The summed E-state index contributed by atoms with van der Waals surface area (Å²) in [6, 6.07) is 4.79. The van der Waals surface area contributed by atoms with Crippen LogP contribution in [0.1, 0.15) is 25.7 Å². The van der Waals surface area contributed by atoms with Crippen LogP contribution in [0.2, 0.25) is 5.02 Å². The smallest absolute Gasteiger partial charge is 0.246 e. The summed E-state index contributed by atoms with van der Waals surface area (Å²) in [5.74, 6) is -0.0984. The van der Waals surface area contributed by atoms with Crippen LogP contribution in [0.25, 0.3) is 0 Å². The number of methoxy groups -OCH3 is 1. The van der Waals surface area contributed by atoms with E-state index >= 15 is 0 Å². The van der Waals surface area contributed by atoms with Gasteiger partial charge in [-0.25, -0.2) is 8.42 Å². The summed E-state index contributed by atoms with van der Waals surface area (Å²) in [4.78, 5) is 12.3. The highest BCUT2D eigenvalue weighted by Crippen LogP contribution is 2.32. The van der Waals surface area contributed by atoms with Gasteiger partial charge in [-0.1, -0.05) is 11.6 Å². The van der Waals surface area contributed by atoms with E-state index in [1.807, 2.05) is 0 Å². The number of nitrogens with zero attached hydrogens (tertiary/aromatic N) is 1. The highest BCUT2D eigenvalue weighted by molar-refractivity contribution is 7.89. The minimum Gasteiger partial charge on any atom is -0.495 e. The first-order chi connectivity index (χ1) is 11.4. The maximum absolute atomic E-state index is 13.0. The molecule has 1 N–H and O–H groups in total. The maximum atomic E-state index is 13.0. The van der Waals surface area contributed by atoms with Crippen molar-refractivity contribution in [3.05, 3.63) is 23.2 Å². The zero-order chi connectivity index (χ0) is 17.3. The van der Waals surface area contributed by atoms with Crippen LogP contribution in [-0.2, 0) is 14.8 Å². The maximum Gasteiger partial charge on any atom is 0.246 e. The molecule has 1 saturated carbocycles. The number of benzene rings is 1. The van der Waals surface area contributed by atoms with E-state index in [0.29, 0.717) is 24.4 Å². The Labute approximate surface area is 147 Å². The number of hydrogen-bond acceptors (Lipinski definition) is 4. The van der Waals surface area contributed by atoms with Gasteiger partial charge in [0.2, 0.25) is 15.9 Å². The molecular formula is C16H21ClN2O4S. The zero-order valence-electron chi connectivity index (χ0n) is 13.5. The number of hydrogen-bond donors (Lipinski definition) is 1. The van der Waals surface area contributed by atoms with Crippen LogP contribution >= 0.6 is 11.6 Å². The van der Waals surface area contributed by atoms with Crippen molar-refractivity contribution in [2.75, 3.05) is 20.2 Å². The molecule has 0 spiro atoms. The third-order valence-corrected chi connectivity index (χ3v) is 6.54. The van der Waals surface area contributed by atoms with Gasteiger partial charge in [0, 0.05) is 24.2 Å². The largest absolute Gasteiger partial charge is 0.495 e. The SMILES string of the molecule is COc1ccc(Cl)cc1S(=O)(=O)N1CCC[C@@H](C(=O)NC2CC2)C1. The van der Waals surface area contributed by atoms with E-state index in [4.69, 9.17) is 16.3 Å². The second kappa shape index (κ2) is 6.90. The zero-order valence-corrected chi connectivity index (χ0v) is 15.1. The molecule has 6 nitrogen and oxygen atoms in total. The van der Waals surface area contributed by atoms with Crippen LogP contribution in [0.3, 0.4) is 0 Å². The normalized spacial score (nSPS) is 22.2. The Hall–Kier alpha value is -1.31. The van der Waals surface area contributed by atoms with Crippen molar-refractivity contribution < 1.29 is 17.9 Å². The molecule has 1 aliphatic carbocycles. The van der Waals surface area contributed by atoms with E-state index < -0.39 is 10.0 Å². The molecule has 0 bridgehead atoms. The molecule has 8 heteroatoms. The minimum absolute atomic E-state index is 0.0424. The van der Waals surface area contributed by atoms with Gasteiger partial charge in [0.1, 0.15) is 10.6 Å². The van der Waals surface area contributed by atoms with Crippen LogP contribution < -0.4 is 10.1 Å². The molecule has 1 atom stereocenters. The van der Waals surface area contributed by atoms with Gasteiger partial charge in [0.05, 0.1) is 13.0 Å². The first-order valence-corrected chi connectivity index (χ1v) is 9.87. The van der Waals surface area contributed by atoms with Crippen LogP contribution in [0.4, 0.5) is 0 Å². The van der Waals surface area contributed by atoms with E-state index in [2.05, 4.69) is 5.32 Å². The standard InChI is InChI=1S/C16H21ClN2O4S/c1-23-14-7-4-12(17)9-15(14)24(21,22)19-8-2-3-11(10-19)16(20)18-13-5-6-13/h4,7,9,11,13H,2-3,5-6,8,10H2,1H3,(H,18,20)/t11-/m1/s1. The van der Waals surface area contributed by atoms with Gasteiger partial charge in [-0.05, 0) is 43.9 Å². The van der Waals surface area contributed by atoms with Gasteiger partial charge in [-0.3, -0.25) is 4.79 Å². The number of piperidine rings is 1. The van der Waals surface area contributed by atoms with Crippen molar-refractivity contribution >= 4 is 27.5 Å². The molecule has 2 aliphatic rings. The molecule has 2 fully saturated rings. The Morgan fingerprint density at radius 2 is 2.08 bits per heavy atom. The topological polar surface area (TPSA) is 75.7 Å². The summed E-state index contributed by atoms with van der Waals surface area (Å²) < 4.78 is 32.5. The molecule has 0 aromatic heterocycles. The summed E-state index contributed by atoms with van der Waals surface area (Å²) >= 11 is 5.96. The van der Waals surface area contributed by atoms with Gasteiger partial charge in [0.25, 0.3) is 0 Å². The molecule has 3 rings (SSSR count). The first-order valence-electron chi connectivity index (χ1n) is 8.06. The Morgan fingerprint density at radius 1 is 1.33 bits per heavy atom. The number of nitrogens with one attached hydrogen (secondary N) is 1. The summed E-state index contributed by atoms with van der Waals surface area (Å²) in [7, 11) is -2.34. The third kappa shape index (κ3) is 3.68.